The minimum atomic E-state index is 0.549. The molecule has 0 saturated carbocycles. The number of hydrogen-bond donors (Lipinski definition) is 1. The summed E-state index contributed by atoms with van der Waals surface area (Å²) >= 11 is 0. The first-order valence-corrected chi connectivity index (χ1v) is 7.41. The van der Waals surface area contributed by atoms with Crippen molar-refractivity contribution in [3.05, 3.63) is 24.2 Å². The molecule has 1 saturated heterocycles. The molecule has 2 aromatic heterocycles. The Morgan fingerprint density at radius 1 is 1.40 bits per heavy atom. The van der Waals surface area contributed by atoms with Gasteiger partial charge in [-0.3, -0.25) is 0 Å². The molecule has 2 aromatic rings. The number of rotatable bonds is 5. The van der Waals surface area contributed by atoms with E-state index in [1.807, 2.05) is 12.3 Å². The summed E-state index contributed by atoms with van der Waals surface area (Å²) in [6.07, 6.45) is 5.17. The van der Waals surface area contributed by atoms with E-state index in [1.54, 1.807) is 7.11 Å². The predicted octanol–water partition coefficient (Wildman–Crippen LogP) is 1.93. The van der Waals surface area contributed by atoms with E-state index in [-0.39, 0.29) is 0 Å². The minimum absolute atomic E-state index is 0.549. The summed E-state index contributed by atoms with van der Waals surface area (Å²) in [4.78, 5) is 9.37. The van der Waals surface area contributed by atoms with Crippen LogP contribution >= 0.6 is 0 Å². The molecule has 0 atom stereocenters. The van der Waals surface area contributed by atoms with E-state index in [4.69, 9.17) is 9.72 Å². The van der Waals surface area contributed by atoms with Gasteiger partial charge in [-0.25, -0.2) is 9.97 Å². The number of hydrogen-bond acceptors (Lipinski definition) is 4. The number of aryl methyl sites for hydroxylation is 1. The number of nitrogens with zero attached hydrogens (tertiary/aromatic N) is 3. The molecule has 3 heterocycles. The second kappa shape index (κ2) is 6.33. The fraction of sp³-hybridized carbons (Fsp3) is 0.600. The van der Waals surface area contributed by atoms with Gasteiger partial charge in [0.15, 0.2) is 5.65 Å². The lowest BCUT2D eigenvalue weighted by Crippen LogP contribution is -2.28. The largest absolute Gasteiger partial charge is 0.385 e. The van der Waals surface area contributed by atoms with Crippen LogP contribution in [0.15, 0.2) is 18.3 Å². The SMILES string of the molecule is COCCCn1c(C2CCNCC2)nc2cccnc21. The third-order valence-corrected chi connectivity index (χ3v) is 3.97. The zero-order valence-corrected chi connectivity index (χ0v) is 12.0. The van der Waals surface area contributed by atoms with Crippen LogP contribution in [0.2, 0.25) is 0 Å². The van der Waals surface area contributed by atoms with Crippen LogP contribution < -0.4 is 5.32 Å². The van der Waals surface area contributed by atoms with Crippen molar-refractivity contribution in [2.24, 2.45) is 0 Å². The average molecular weight is 274 g/mol. The Bertz CT molecular complexity index is 560. The number of nitrogens with one attached hydrogen (secondary N) is 1. The first-order valence-electron chi connectivity index (χ1n) is 7.41. The average Bonchev–Trinajstić information content (AvgIpc) is 2.87. The second-order valence-electron chi connectivity index (χ2n) is 5.34. The van der Waals surface area contributed by atoms with Gasteiger partial charge in [-0.1, -0.05) is 0 Å². The Balaban J connectivity index is 1.93. The Labute approximate surface area is 119 Å². The zero-order valence-electron chi connectivity index (χ0n) is 12.0. The normalized spacial score (nSPS) is 16.9. The van der Waals surface area contributed by atoms with E-state index in [0.29, 0.717) is 5.92 Å². The Kier molecular flexibility index (Phi) is 4.28. The zero-order chi connectivity index (χ0) is 13.8. The highest BCUT2D eigenvalue weighted by atomic mass is 16.5. The van der Waals surface area contributed by atoms with Crippen LogP contribution in [-0.4, -0.2) is 41.3 Å². The van der Waals surface area contributed by atoms with Crippen molar-refractivity contribution in [3.8, 4) is 0 Å². The fourth-order valence-electron chi connectivity index (χ4n) is 2.96. The van der Waals surface area contributed by atoms with Crippen LogP contribution in [0.5, 0.6) is 0 Å². The summed E-state index contributed by atoms with van der Waals surface area (Å²) in [5, 5.41) is 3.42. The van der Waals surface area contributed by atoms with Crippen molar-refractivity contribution in [1.29, 1.82) is 0 Å². The molecule has 0 bridgehead atoms. The van der Waals surface area contributed by atoms with Crippen LogP contribution in [0.4, 0.5) is 0 Å². The summed E-state index contributed by atoms with van der Waals surface area (Å²) in [6.45, 7) is 3.87. The molecule has 5 heteroatoms. The molecule has 1 aliphatic heterocycles. The van der Waals surface area contributed by atoms with Gasteiger partial charge in [0.05, 0.1) is 0 Å². The molecule has 0 aromatic carbocycles. The van der Waals surface area contributed by atoms with Crippen molar-refractivity contribution in [3.63, 3.8) is 0 Å². The first-order chi connectivity index (χ1) is 9.90. The molecule has 1 aliphatic rings. The topological polar surface area (TPSA) is 52.0 Å². The highest BCUT2D eigenvalue weighted by Gasteiger charge is 2.22. The first kappa shape index (κ1) is 13.5. The molecule has 5 nitrogen and oxygen atoms in total. The number of methoxy groups -OCH3 is 1. The van der Waals surface area contributed by atoms with Crippen LogP contribution in [0.1, 0.15) is 31.0 Å². The molecule has 0 unspecified atom stereocenters. The predicted molar refractivity (Wildman–Crippen MR) is 78.9 cm³/mol. The lowest BCUT2D eigenvalue weighted by Gasteiger charge is -2.23. The fourth-order valence-corrected chi connectivity index (χ4v) is 2.96. The summed E-state index contributed by atoms with van der Waals surface area (Å²) in [5.41, 5.74) is 2.02. The van der Waals surface area contributed by atoms with Gasteiger partial charge in [0.25, 0.3) is 0 Å². The molecule has 0 spiro atoms. The number of pyridine rings is 1. The van der Waals surface area contributed by atoms with Crippen LogP contribution in [0.3, 0.4) is 0 Å². The summed E-state index contributed by atoms with van der Waals surface area (Å²) in [6, 6.07) is 4.01. The van der Waals surface area contributed by atoms with Gasteiger partial charge >= 0.3 is 0 Å². The number of piperidine rings is 1. The van der Waals surface area contributed by atoms with Crippen molar-refractivity contribution >= 4 is 11.2 Å². The quantitative estimate of drug-likeness (QED) is 0.847. The lowest BCUT2D eigenvalue weighted by atomic mass is 9.97. The van der Waals surface area contributed by atoms with E-state index in [1.165, 1.54) is 5.82 Å². The molecule has 0 aliphatic carbocycles. The van der Waals surface area contributed by atoms with Gasteiger partial charge in [0.2, 0.25) is 0 Å². The molecular formula is C15H22N4O. The molecule has 1 N–H and O–H groups in total. The summed E-state index contributed by atoms with van der Waals surface area (Å²) in [5.74, 6) is 1.75. The van der Waals surface area contributed by atoms with E-state index in [9.17, 15) is 0 Å². The van der Waals surface area contributed by atoms with Crippen LogP contribution in [-0.2, 0) is 11.3 Å². The second-order valence-corrected chi connectivity index (χ2v) is 5.34. The Hall–Kier alpha value is -1.46. The standard InChI is InChI=1S/C15H22N4O/c1-20-11-3-10-19-14(12-5-8-16-9-6-12)18-13-4-2-7-17-15(13)19/h2,4,7,12,16H,3,5-6,8-11H2,1H3. The maximum absolute atomic E-state index is 5.17. The molecule has 3 rings (SSSR count). The van der Waals surface area contributed by atoms with Gasteiger partial charge in [-0.15, -0.1) is 0 Å². The molecule has 0 radical (unpaired) electrons. The number of ether oxygens (including phenoxy) is 1. The van der Waals surface area contributed by atoms with Crippen molar-refractivity contribution in [2.45, 2.75) is 31.7 Å². The van der Waals surface area contributed by atoms with E-state index >= 15 is 0 Å². The molecular weight excluding hydrogens is 252 g/mol. The number of imidazole rings is 1. The van der Waals surface area contributed by atoms with Gasteiger partial charge in [0, 0.05) is 32.4 Å². The molecule has 108 valence electrons. The number of aromatic nitrogens is 3. The van der Waals surface area contributed by atoms with E-state index < -0.39 is 0 Å². The van der Waals surface area contributed by atoms with Gasteiger partial charge in [0.1, 0.15) is 11.3 Å². The van der Waals surface area contributed by atoms with Gasteiger partial charge < -0.3 is 14.6 Å². The van der Waals surface area contributed by atoms with Crippen molar-refractivity contribution in [2.75, 3.05) is 26.8 Å². The third-order valence-electron chi connectivity index (χ3n) is 3.97. The summed E-state index contributed by atoms with van der Waals surface area (Å²) < 4.78 is 7.47. The Morgan fingerprint density at radius 2 is 2.25 bits per heavy atom. The van der Waals surface area contributed by atoms with E-state index in [2.05, 4.69) is 20.9 Å². The van der Waals surface area contributed by atoms with Crippen molar-refractivity contribution in [1.82, 2.24) is 19.9 Å². The smallest absolute Gasteiger partial charge is 0.159 e. The number of fused-ring (bicyclic) bond motifs is 1. The third kappa shape index (κ3) is 2.69. The minimum Gasteiger partial charge on any atom is -0.385 e. The maximum Gasteiger partial charge on any atom is 0.159 e. The molecule has 1 fully saturated rings. The highest BCUT2D eigenvalue weighted by Crippen LogP contribution is 2.27. The Morgan fingerprint density at radius 3 is 3.05 bits per heavy atom. The van der Waals surface area contributed by atoms with Gasteiger partial charge in [-0.2, -0.15) is 0 Å². The van der Waals surface area contributed by atoms with Crippen LogP contribution in [0.25, 0.3) is 11.2 Å². The highest BCUT2D eigenvalue weighted by molar-refractivity contribution is 5.71. The van der Waals surface area contributed by atoms with Gasteiger partial charge in [-0.05, 0) is 44.5 Å². The maximum atomic E-state index is 5.17. The summed E-state index contributed by atoms with van der Waals surface area (Å²) in [7, 11) is 1.75. The van der Waals surface area contributed by atoms with Crippen molar-refractivity contribution < 1.29 is 4.74 Å². The molecule has 20 heavy (non-hydrogen) atoms. The van der Waals surface area contributed by atoms with E-state index in [0.717, 1.165) is 56.7 Å². The van der Waals surface area contributed by atoms with Crippen LogP contribution in [0, 0.1) is 0 Å². The molecule has 0 amide bonds. The monoisotopic (exact) mass is 274 g/mol. The lowest BCUT2D eigenvalue weighted by molar-refractivity contribution is 0.190.